The Kier molecular flexibility index (Phi) is 4.91. The average Bonchev–Trinajstić information content (AvgIpc) is 2.55. The second-order valence-electron chi connectivity index (χ2n) is 5.78. The van der Waals surface area contributed by atoms with Gasteiger partial charge in [-0.1, -0.05) is 30.0 Å². The highest BCUT2D eigenvalue weighted by molar-refractivity contribution is 7.99. The van der Waals surface area contributed by atoms with Gasteiger partial charge in [0.1, 0.15) is 5.75 Å². The lowest BCUT2D eigenvalue weighted by atomic mass is 9.87. The van der Waals surface area contributed by atoms with E-state index in [1.54, 1.807) is 25.8 Å². The quantitative estimate of drug-likeness (QED) is 0.927. The average molecular weight is 327 g/mol. The number of nitrogens with one attached hydrogen (secondary N) is 1. The zero-order valence-corrected chi connectivity index (χ0v) is 14.3. The first-order valence-electron chi connectivity index (χ1n) is 7.86. The van der Waals surface area contributed by atoms with E-state index in [0.29, 0.717) is 0 Å². The van der Waals surface area contributed by atoms with Crippen LogP contribution in [0.3, 0.4) is 0 Å². The molecule has 0 radical (unpaired) electrons. The van der Waals surface area contributed by atoms with Gasteiger partial charge in [0.05, 0.1) is 7.11 Å². The van der Waals surface area contributed by atoms with E-state index in [1.165, 1.54) is 20.9 Å². The van der Waals surface area contributed by atoms with Crippen LogP contribution in [0.4, 0.5) is 0 Å². The summed E-state index contributed by atoms with van der Waals surface area (Å²) in [6, 6.07) is 14.8. The van der Waals surface area contributed by atoms with Gasteiger partial charge in [-0.2, -0.15) is 0 Å². The molecule has 1 unspecified atom stereocenters. The summed E-state index contributed by atoms with van der Waals surface area (Å²) in [7, 11) is 1.71. The standard InChI is InChI=1S/C19H21NO2S/c1-13(21)20-14-8-9-16-17(12-14)18(22-2)10-11-19(16)23-15-6-4-3-5-7-15/h3-7,10-11,14H,8-9,12H2,1-2H3,(H,20,21). The van der Waals surface area contributed by atoms with E-state index in [4.69, 9.17) is 4.74 Å². The fourth-order valence-electron chi connectivity index (χ4n) is 3.13. The summed E-state index contributed by atoms with van der Waals surface area (Å²) in [5, 5.41) is 3.04. The first-order chi connectivity index (χ1) is 11.2. The monoisotopic (exact) mass is 327 g/mol. The van der Waals surface area contributed by atoms with Crippen LogP contribution < -0.4 is 10.1 Å². The molecule has 0 spiro atoms. The number of fused-ring (bicyclic) bond motifs is 1. The maximum Gasteiger partial charge on any atom is 0.217 e. The lowest BCUT2D eigenvalue weighted by Crippen LogP contribution is -2.37. The molecule has 0 saturated heterocycles. The second-order valence-corrected chi connectivity index (χ2v) is 6.89. The Hall–Kier alpha value is -1.94. The molecule has 3 nitrogen and oxygen atoms in total. The Morgan fingerprint density at radius 3 is 2.65 bits per heavy atom. The van der Waals surface area contributed by atoms with Crippen molar-refractivity contribution >= 4 is 17.7 Å². The van der Waals surface area contributed by atoms with Crippen molar-refractivity contribution in [2.75, 3.05) is 7.11 Å². The van der Waals surface area contributed by atoms with Gasteiger partial charge in [0.15, 0.2) is 0 Å². The smallest absolute Gasteiger partial charge is 0.217 e. The fourth-order valence-corrected chi connectivity index (χ4v) is 4.16. The molecular weight excluding hydrogens is 306 g/mol. The van der Waals surface area contributed by atoms with E-state index in [2.05, 4.69) is 35.6 Å². The first kappa shape index (κ1) is 15.9. The highest BCUT2D eigenvalue weighted by Crippen LogP contribution is 2.39. The van der Waals surface area contributed by atoms with Gasteiger partial charge in [-0.15, -0.1) is 0 Å². The summed E-state index contributed by atoms with van der Waals surface area (Å²) < 4.78 is 5.55. The molecule has 0 heterocycles. The van der Waals surface area contributed by atoms with E-state index in [0.717, 1.165) is 25.0 Å². The highest BCUT2D eigenvalue weighted by Gasteiger charge is 2.24. The summed E-state index contributed by atoms with van der Waals surface area (Å²) in [5.74, 6) is 0.958. The van der Waals surface area contributed by atoms with Crippen LogP contribution in [0.1, 0.15) is 24.5 Å². The normalized spacial score (nSPS) is 16.5. The van der Waals surface area contributed by atoms with Gasteiger partial charge in [0.25, 0.3) is 0 Å². The number of methoxy groups -OCH3 is 1. The maximum atomic E-state index is 11.3. The van der Waals surface area contributed by atoms with Gasteiger partial charge in [0, 0.05) is 28.3 Å². The van der Waals surface area contributed by atoms with Gasteiger partial charge >= 0.3 is 0 Å². The van der Waals surface area contributed by atoms with E-state index in [9.17, 15) is 4.79 Å². The molecule has 2 aromatic rings. The Morgan fingerprint density at radius 2 is 1.96 bits per heavy atom. The highest BCUT2D eigenvalue weighted by atomic mass is 32.2. The molecule has 1 aliphatic carbocycles. The number of hydrogen-bond acceptors (Lipinski definition) is 3. The van der Waals surface area contributed by atoms with Crippen LogP contribution in [0.2, 0.25) is 0 Å². The molecule has 0 saturated carbocycles. The summed E-state index contributed by atoms with van der Waals surface area (Å²) in [4.78, 5) is 13.9. The van der Waals surface area contributed by atoms with Gasteiger partial charge < -0.3 is 10.1 Å². The largest absolute Gasteiger partial charge is 0.496 e. The van der Waals surface area contributed by atoms with Crippen LogP contribution in [0, 0.1) is 0 Å². The molecule has 1 amide bonds. The molecular formula is C19H21NO2S. The number of hydrogen-bond donors (Lipinski definition) is 1. The van der Waals surface area contributed by atoms with E-state index in [1.807, 2.05) is 12.1 Å². The molecule has 1 N–H and O–H groups in total. The van der Waals surface area contributed by atoms with Gasteiger partial charge in [-0.25, -0.2) is 0 Å². The summed E-state index contributed by atoms with van der Waals surface area (Å²) >= 11 is 1.79. The fraction of sp³-hybridized carbons (Fsp3) is 0.316. The third-order valence-electron chi connectivity index (χ3n) is 4.14. The molecule has 3 rings (SSSR count). The van der Waals surface area contributed by atoms with Crippen molar-refractivity contribution in [1.82, 2.24) is 5.32 Å². The van der Waals surface area contributed by atoms with E-state index >= 15 is 0 Å². The van der Waals surface area contributed by atoms with Crippen molar-refractivity contribution in [2.24, 2.45) is 0 Å². The second kappa shape index (κ2) is 7.09. The van der Waals surface area contributed by atoms with Crippen LogP contribution in [-0.2, 0) is 17.6 Å². The molecule has 0 bridgehead atoms. The Balaban J connectivity index is 1.91. The molecule has 0 fully saturated rings. The van der Waals surface area contributed by atoms with Crippen molar-refractivity contribution in [2.45, 2.75) is 42.0 Å². The first-order valence-corrected chi connectivity index (χ1v) is 8.67. The Bertz CT molecular complexity index is 700. The Labute approximate surface area is 141 Å². The van der Waals surface area contributed by atoms with E-state index < -0.39 is 0 Å². The number of carbonyl (C=O) groups is 1. The third kappa shape index (κ3) is 3.70. The summed E-state index contributed by atoms with van der Waals surface area (Å²) in [6.07, 6.45) is 2.77. The molecule has 0 aromatic heterocycles. The minimum atomic E-state index is 0.0345. The van der Waals surface area contributed by atoms with Gasteiger partial charge in [-0.3, -0.25) is 4.79 Å². The predicted molar refractivity (Wildman–Crippen MR) is 93.2 cm³/mol. The van der Waals surface area contributed by atoms with Crippen molar-refractivity contribution in [1.29, 1.82) is 0 Å². The van der Waals surface area contributed by atoms with Gasteiger partial charge in [0.2, 0.25) is 5.91 Å². The minimum Gasteiger partial charge on any atom is -0.496 e. The Morgan fingerprint density at radius 1 is 1.17 bits per heavy atom. The molecule has 120 valence electrons. The van der Waals surface area contributed by atoms with Crippen LogP contribution in [-0.4, -0.2) is 19.1 Å². The van der Waals surface area contributed by atoms with Crippen LogP contribution >= 0.6 is 11.8 Å². The van der Waals surface area contributed by atoms with Crippen molar-refractivity contribution < 1.29 is 9.53 Å². The van der Waals surface area contributed by atoms with Crippen molar-refractivity contribution in [3.05, 3.63) is 53.6 Å². The summed E-state index contributed by atoms with van der Waals surface area (Å²) in [6.45, 7) is 1.58. The number of carbonyl (C=O) groups excluding carboxylic acids is 1. The molecule has 23 heavy (non-hydrogen) atoms. The topological polar surface area (TPSA) is 38.3 Å². The lowest BCUT2D eigenvalue weighted by Gasteiger charge is -2.28. The SMILES string of the molecule is COc1ccc(Sc2ccccc2)c2c1CC(NC(C)=O)CC2. The molecule has 1 aliphatic rings. The third-order valence-corrected chi connectivity index (χ3v) is 5.25. The molecule has 2 aromatic carbocycles. The van der Waals surface area contributed by atoms with Crippen molar-refractivity contribution in [3.63, 3.8) is 0 Å². The predicted octanol–water partition coefficient (Wildman–Crippen LogP) is 3.84. The lowest BCUT2D eigenvalue weighted by molar-refractivity contribution is -0.119. The zero-order chi connectivity index (χ0) is 16.2. The van der Waals surface area contributed by atoms with E-state index in [-0.39, 0.29) is 11.9 Å². The van der Waals surface area contributed by atoms with Gasteiger partial charge in [-0.05, 0) is 49.1 Å². The molecule has 0 aliphatic heterocycles. The van der Waals surface area contributed by atoms with Crippen molar-refractivity contribution in [3.8, 4) is 5.75 Å². The molecule has 1 atom stereocenters. The summed E-state index contributed by atoms with van der Waals surface area (Å²) in [5.41, 5.74) is 2.60. The zero-order valence-electron chi connectivity index (χ0n) is 13.5. The molecule has 4 heteroatoms. The van der Waals surface area contributed by atoms with Crippen LogP contribution in [0.5, 0.6) is 5.75 Å². The number of rotatable bonds is 4. The van der Waals surface area contributed by atoms with Crippen LogP contribution in [0.25, 0.3) is 0 Å². The van der Waals surface area contributed by atoms with Crippen LogP contribution in [0.15, 0.2) is 52.3 Å². The number of amides is 1. The minimum absolute atomic E-state index is 0.0345. The number of benzene rings is 2. The maximum absolute atomic E-state index is 11.3. The number of ether oxygens (including phenoxy) is 1.